The molecule has 0 saturated carbocycles. The maximum atomic E-state index is 12.4. The predicted molar refractivity (Wildman–Crippen MR) is 90.6 cm³/mol. The Labute approximate surface area is 141 Å². The molecule has 6 nitrogen and oxygen atoms in total. The lowest BCUT2D eigenvalue weighted by Gasteiger charge is -2.26. The van der Waals surface area contributed by atoms with E-state index >= 15 is 0 Å². The number of aryl methyl sites for hydroxylation is 1. The fourth-order valence-electron chi connectivity index (χ4n) is 2.54. The Bertz CT molecular complexity index is 893. The van der Waals surface area contributed by atoms with Crippen LogP contribution >= 0.6 is 0 Å². The molecular weight excluding hydrogens is 328 g/mol. The van der Waals surface area contributed by atoms with Crippen LogP contribution in [0.3, 0.4) is 0 Å². The summed E-state index contributed by atoms with van der Waals surface area (Å²) in [6, 6.07) is 12.1. The Kier molecular flexibility index (Phi) is 4.29. The molecule has 0 bridgehead atoms. The molecule has 7 heteroatoms. The average molecular weight is 346 g/mol. The van der Waals surface area contributed by atoms with E-state index in [1.54, 1.807) is 56.4 Å². The molecule has 24 heavy (non-hydrogen) atoms. The van der Waals surface area contributed by atoms with E-state index in [-0.39, 0.29) is 24.0 Å². The normalized spacial score (nSPS) is 14.2. The van der Waals surface area contributed by atoms with Gasteiger partial charge in [-0.05, 0) is 36.2 Å². The van der Waals surface area contributed by atoms with Gasteiger partial charge < -0.3 is 9.64 Å². The molecule has 0 aromatic heterocycles. The lowest BCUT2D eigenvalue weighted by Crippen LogP contribution is -2.35. The van der Waals surface area contributed by atoms with Crippen molar-refractivity contribution in [3.63, 3.8) is 0 Å². The first-order chi connectivity index (χ1) is 11.4. The Hall–Kier alpha value is -2.38. The quantitative estimate of drug-likeness (QED) is 0.916. The van der Waals surface area contributed by atoms with E-state index in [9.17, 15) is 13.2 Å². The van der Waals surface area contributed by atoms with Gasteiger partial charge in [0.1, 0.15) is 5.75 Å². The Balaban J connectivity index is 1.80. The smallest absolute Gasteiger partial charge is 0.264 e. The standard InChI is InChI=1S/C17H18N2O4S/c1-12-5-3-4-6-16(12)24(21,22)18-10-13-7-8-15-14(9-13)19(2)17(20)11-23-15/h3-9,18H,10-11H2,1-2H3. The number of nitrogens with one attached hydrogen (secondary N) is 1. The maximum absolute atomic E-state index is 12.4. The molecule has 0 unspecified atom stereocenters. The minimum absolute atomic E-state index is 0.0166. The van der Waals surface area contributed by atoms with Crippen LogP contribution in [0.1, 0.15) is 11.1 Å². The topological polar surface area (TPSA) is 75.7 Å². The van der Waals surface area contributed by atoms with Gasteiger partial charge in [-0.2, -0.15) is 0 Å². The van der Waals surface area contributed by atoms with Crippen molar-refractivity contribution in [1.29, 1.82) is 0 Å². The van der Waals surface area contributed by atoms with Crippen molar-refractivity contribution in [2.45, 2.75) is 18.4 Å². The summed E-state index contributed by atoms with van der Waals surface area (Å²) in [7, 11) is -1.92. The number of hydrogen-bond acceptors (Lipinski definition) is 4. The van der Waals surface area contributed by atoms with Gasteiger partial charge in [-0.1, -0.05) is 24.3 Å². The number of hydrogen-bond donors (Lipinski definition) is 1. The average Bonchev–Trinajstić information content (AvgIpc) is 2.57. The summed E-state index contributed by atoms with van der Waals surface area (Å²) in [6.45, 7) is 1.90. The molecule has 0 saturated heterocycles. The molecular formula is C17H18N2O4S. The molecule has 0 aliphatic carbocycles. The summed E-state index contributed by atoms with van der Waals surface area (Å²) in [6.07, 6.45) is 0. The van der Waals surface area contributed by atoms with Gasteiger partial charge >= 0.3 is 0 Å². The summed E-state index contributed by atoms with van der Waals surface area (Å²) >= 11 is 0. The summed E-state index contributed by atoms with van der Waals surface area (Å²) in [5, 5.41) is 0. The second-order valence-corrected chi connectivity index (χ2v) is 7.37. The second kappa shape index (κ2) is 6.26. The number of carbonyl (C=O) groups excluding carboxylic acids is 1. The number of rotatable bonds is 4. The number of likely N-dealkylation sites (N-methyl/N-ethyl adjacent to an activating group) is 1. The molecule has 126 valence electrons. The number of anilines is 1. The molecule has 0 atom stereocenters. The van der Waals surface area contributed by atoms with Crippen molar-refractivity contribution in [2.24, 2.45) is 0 Å². The number of sulfonamides is 1. The highest BCUT2D eigenvalue weighted by molar-refractivity contribution is 7.89. The number of benzene rings is 2. The van der Waals surface area contributed by atoms with Gasteiger partial charge in [-0.25, -0.2) is 13.1 Å². The van der Waals surface area contributed by atoms with Crippen molar-refractivity contribution in [2.75, 3.05) is 18.6 Å². The molecule has 1 heterocycles. The van der Waals surface area contributed by atoms with Gasteiger partial charge in [0.2, 0.25) is 10.0 Å². The highest BCUT2D eigenvalue weighted by atomic mass is 32.2. The largest absolute Gasteiger partial charge is 0.482 e. The number of fused-ring (bicyclic) bond motifs is 1. The van der Waals surface area contributed by atoms with E-state index in [4.69, 9.17) is 4.74 Å². The Morgan fingerprint density at radius 1 is 1.21 bits per heavy atom. The molecule has 1 aliphatic rings. The number of nitrogens with zero attached hydrogens (tertiary/aromatic N) is 1. The van der Waals surface area contributed by atoms with Crippen LogP contribution in [0.15, 0.2) is 47.4 Å². The fraction of sp³-hybridized carbons (Fsp3) is 0.235. The molecule has 0 radical (unpaired) electrons. The molecule has 0 spiro atoms. The van der Waals surface area contributed by atoms with E-state index in [1.807, 2.05) is 0 Å². The minimum atomic E-state index is -3.60. The van der Waals surface area contributed by atoms with Crippen LogP contribution in [0.2, 0.25) is 0 Å². The van der Waals surface area contributed by atoms with Crippen LogP contribution in [0.25, 0.3) is 0 Å². The third-order valence-electron chi connectivity index (χ3n) is 3.96. The van der Waals surface area contributed by atoms with E-state index in [0.29, 0.717) is 17.0 Å². The van der Waals surface area contributed by atoms with Crippen molar-refractivity contribution >= 4 is 21.6 Å². The molecule has 2 aromatic rings. The van der Waals surface area contributed by atoms with Crippen LogP contribution in [0.4, 0.5) is 5.69 Å². The van der Waals surface area contributed by atoms with Gasteiger partial charge in [-0.15, -0.1) is 0 Å². The first-order valence-corrected chi connectivity index (χ1v) is 8.94. The van der Waals surface area contributed by atoms with Crippen LogP contribution in [0, 0.1) is 6.92 Å². The highest BCUT2D eigenvalue weighted by Gasteiger charge is 2.23. The summed E-state index contributed by atoms with van der Waals surface area (Å²) in [5.74, 6) is 0.475. The first kappa shape index (κ1) is 16.5. The number of carbonyl (C=O) groups is 1. The monoisotopic (exact) mass is 346 g/mol. The van der Waals surface area contributed by atoms with Crippen LogP contribution in [-0.4, -0.2) is 28.0 Å². The number of amides is 1. The van der Waals surface area contributed by atoms with Gasteiger partial charge in [-0.3, -0.25) is 4.79 Å². The van der Waals surface area contributed by atoms with Gasteiger partial charge in [0.05, 0.1) is 10.6 Å². The van der Waals surface area contributed by atoms with E-state index in [0.717, 1.165) is 5.56 Å². The molecule has 3 rings (SSSR count). The third-order valence-corrected chi connectivity index (χ3v) is 5.52. The molecule has 1 N–H and O–H groups in total. The Morgan fingerprint density at radius 2 is 1.96 bits per heavy atom. The van der Waals surface area contributed by atoms with Crippen LogP contribution in [-0.2, 0) is 21.4 Å². The first-order valence-electron chi connectivity index (χ1n) is 7.46. The summed E-state index contributed by atoms with van der Waals surface area (Å²) < 4.78 is 32.8. The van der Waals surface area contributed by atoms with Gasteiger partial charge in [0.25, 0.3) is 5.91 Å². The van der Waals surface area contributed by atoms with E-state index in [1.165, 1.54) is 4.90 Å². The minimum Gasteiger partial charge on any atom is -0.482 e. The molecule has 2 aromatic carbocycles. The zero-order valence-electron chi connectivity index (χ0n) is 13.4. The Morgan fingerprint density at radius 3 is 2.71 bits per heavy atom. The third kappa shape index (κ3) is 3.13. The fourth-order valence-corrected chi connectivity index (χ4v) is 3.80. The van der Waals surface area contributed by atoms with E-state index < -0.39 is 10.0 Å². The van der Waals surface area contributed by atoms with E-state index in [2.05, 4.69) is 4.72 Å². The zero-order valence-corrected chi connectivity index (χ0v) is 14.3. The van der Waals surface area contributed by atoms with Crippen molar-refractivity contribution in [3.8, 4) is 5.75 Å². The summed E-state index contributed by atoms with van der Waals surface area (Å²) in [4.78, 5) is 13.5. The molecule has 1 aliphatic heterocycles. The highest BCUT2D eigenvalue weighted by Crippen LogP contribution is 2.32. The van der Waals surface area contributed by atoms with Crippen molar-refractivity contribution in [3.05, 3.63) is 53.6 Å². The molecule has 0 fully saturated rings. The zero-order chi connectivity index (χ0) is 17.3. The lowest BCUT2D eigenvalue weighted by atomic mass is 10.1. The second-order valence-electron chi connectivity index (χ2n) is 5.63. The van der Waals surface area contributed by atoms with Gasteiger partial charge in [0.15, 0.2) is 6.61 Å². The number of ether oxygens (including phenoxy) is 1. The van der Waals surface area contributed by atoms with Crippen LogP contribution < -0.4 is 14.4 Å². The van der Waals surface area contributed by atoms with Crippen molar-refractivity contribution < 1.29 is 17.9 Å². The lowest BCUT2D eigenvalue weighted by molar-refractivity contribution is -0.120. The SMILES string of the molecule is Cc1ccccc1S(=O)(=O)NCc1ccc2c(c1)N(C)C(=O)CO2. The van der Waals surface area contributed by atoms with Crippen LogP contribution in [0.5, 0.6) is 5.75 Å². The maximum Gasteiger partial charge on any atom is 0.264 e. The predicted octanol–water partition coefficient (Wildman–Crippen LogP) is 1.83. The summed E-state index contributed by atoms with van der Waals surface area (Å²) in [5.41, 5.74) is 2.07. The van der Waals surface area contributed by atoms with Gasteiger partial charge in [0, 0.05) is 13.6 Å². The van der Waals surface area contributed by atoms with Crippen molar-refractivity contribution in [1.82, 2.24) is 4.72 Å². The molecule has 1 amide bonds.